The maximum absolute atomic E-state index is 12.9. The summed E-state index contributed by atoms with van der Waals surface area (Å²) in [6, 6.07) is 4.21. The number of rotatable bonds is 5. The lowest BCUT2D eigenvalue weighted by atomic mass is 10.1. The van der Waals surface area contributed by atoms with Gasteiger partial charge in [-0.1, -0.05) is 0 Å². The molecule has 110 valence electrons. The fraction of sp³-hybridized carbons (Fsp3) is 0.417. The van der Waals surface area contributed by atoms with E-state index in [-0.39, 0.29) is 18.5 Å². The molecule has 0 saturated carbocycles. The van der Waals surface area contributed by atoms with Crippen molar-refractivity contribution in [2.75, 3.05) is 13.2 Å². The van der Waals surface area contributed by atoms with Crippen molar-refractivity contribution in [2.24, 2.45) is 0 Å². The summed E-state index contributed by atoms with van der Waals surface area (Å²) in [6.45, 7) is 3.16. The van der Waals surface area contributed by atoms with Gasteiger partial charge >= 0.3 is 13.8 Å². The highest BCUT2D eigenvalue weighted by Crippen LogP contribution is 2.47. The van der Waals surface area contributed by atoms with E-state index in [0.717, 1.165) is 12.1 Å². The molecule has 0 N–H and O–H groups in total. The van der Waals surface area contributed by atoms with E-state index in [9.17, 15) is 17.7 Å². The average molecular weight is 307 g/mol. The van der Waals surface area contributed by atoms with E-state index >= 15 is 0 Å². The van der Waals surface area contributed by atoms with E-state index in [2.05, 4.69) is 0 Å². The molecular weight excluding hydrogens is 294 g/mol. The normalized spacial score (nSPS) is 12.2. The lowest BCUT2D eigenvalue weighted by Crippen LogP contribution is -2.16. The van der Waals surface area contributed by atoms with Crippen LogP contribution in [0.15, 0.2) is 18.2 Å². The number of benzene rings is 1. The minimum Gasteiger partial charge on any atom is -0.305 e. The monoisotopic (exact) mass is 307 g/mol. The van der Waals surface area contributed by atoms with E-state index < -0.39 is 24.9 Å². The molecule has 4 nitrogen and oxygen atoms in total. The number of nitriles is 1. The quantitative estimate of drug-likeness (QED) is 0.782. The topological polar surface area (TPSA) is 59.3 Å². The van der Waals surface area contributed by atoms with Crippen molar-refractivity contribution < 1.29 is 26.8 Å². The zero-order valence-corrected chi connectivity index (χ0v) is 11.8. The Kier molecular flexibility index (Phi) is 5.35. The second-order valence-electron chi connectivity index (χ2n) is 3.67. The van der Waals surface area contributed by atoms with Crippen LogP contribution in [-0.2, 0) is 19.8 Å². The van der Waals surface area contributed by atoms with Crippen LogP contribution < -0.4 is 5.30 Å². The molecule has 0 atom stereocenters. The molecule has 8 heteroatoms. The molecule has 1 rings (SSSR count). The molecule has 0 aliphatic heterocycles. The van der Waals surface area contributed by atoms with Crippen molar-refractivity contribution in [3.63, 3.8) is 0 Å². The molecule has 0 fully saturated rings. The van der Waals surface area contributed by atoms with Gasteiger partial charge in [0.25, 0.3) is 0 Å². The number of hydrogen-bond donors (Lipinski definition) is 0. The van der Waals surface area contributed by atoms with Crippen molar-refractivity contribution in [3.05, 3.63) is 29.3 Å². The minimum absolute atomic E-state index is 0.0264. The summed E-state index contributed by atoms with van der Waals surface area (Å²) in [5, 5.41) is 8.49. The van der Waals surface area contributed by atoms with Gasteiger partial charge in [-0.3, -0.25) is 4.57 Å². The molecule has 0 amide bonds. The Morgan fingerprint density at radius 1 is 1.25 bits per heavy atom. The van der Waals surface area contributed by atoms with Crippen molar-refractivity contribution in [2.45, 2.75) is 20.0 Å². The smallest absolute Gasteiger partial charge is 0.305 e. The van der Waals surface area contributed by atoms with Crippen LogP contribution in [0.3, 0.4) is 0 Å². The predicted molar refractivity (Wildman–Crippen MR) is 66.7 cm³/mol. The van der Waals surface area contributed by atoms with Gasteiger partial charge < -0.3 is 9.05 Å². The van der Waals surface area contributed by atoms with Crippen LogP contribution in [-0.4, -0.2) is 13.2 Å². The molecule has 0 unspecified atom stereocenters. The van der Waals surface area contributed by atoms with Gasteiger partial charge in [-0.25, -0.2) is 0 Å². The zero-order valence-electron chi connectivity index (χ0n) is 10.9. The average Bonchev–Trinajstić information content (AvgIpc) is 2.37. The highest BCUT2D eigenvalue weighted by molar-refractivity contribution is 7.62. The van der Waals surface area contributed by atoms with E-state index in [0.29, 0.717) is 6.07 Å². The van der Waals surface area contributed by atoms with Crippen molar-refractivity contribution >= 4 is 12.9 Å². The summed E-state index contributed by atoms with van der Waals surface area (Å²) in [7, 11) is -3.81. The van der Waals surface area contributed by atoms with Crippen LogP contribution in [0, 0.1) is 11.3 Å². The zero-order chi connectivity index (χ0) is 15.4. The van der Waals surface area contributed by atoms with Crippen molar-refractivity contribution in [3.8, 4) is 6.07 Å². The van der Waals surface area contributed by atoms with Crippen LogP contribution in [0.25, 0.3) is 0 Å². The molecule has 20 heavy (non-hydrogen) atoms. The van der Waals surface area contributed by atoms with Gasteiger partial charge in [0.2, 0.25) is 0 Å². The Hall–Kier alpha value is -1.35. The van der Waals surface area contributed by atoms with E-state index in [1.165, 1.54) is 6.07 Å². The van der Waals surface area contributed by atoms with Crippen molar-refractivity contribution in [1.29, 1.82) is 5.26 Å². The Morgan fingerprint density at radius 3 is 2.20 bits per heavy atom. The molecule has 0 bridgehead atoms. The molecule has 0 aromatic heterocycles. The SMILES string of the molecule is CCOP(=O)(OCC)c1ccc(C#N)c(C(F)(F)F)c1. The highest BCUT2D eigenvalue weighted by Gasteiger charge is 2.36. The van der Waals surface area contributed by atoms with Gasteiger partial charge in [0.15, 0.2) is 0 Å². The molecule has 0 aliphatic rings. The molecular formula is C12H13F3NO3P. The van der Waals surface area contributed by atoms with Crippen molar-refractivity contribution in [1.82, 2.24) is 0 Å². The summed E-state index contributed by atoms with van der Waals surface area (Å²) < 4.78 is 60.9. The lowest BCUT2D eigenvalue weighted by Gasteiger charge is -2.18. The number of halogens is 3. The van der Waals surface area contributed by atoms with Gasteiger partial charge in [0.05, 0.1) is 35.7 Å². The van der Waals surface area contributed by atoms with Crippen LogP contribution in [0.2, 0.25) is 0 Å². The minimum atomic E-state index is -4.72. The summed E-state index contributed by atoms with van der Waals surface area (Å²) in [5.41, 5.74) is -1.70. The molecule has 1 aromatic carbocycles. The Morgan fingerprint density at radius 2 is 1.80 bits per heavy atom. The third kappa shape index (κ3) is 3.60. The fourth-order valence-electron chi connectivity index (χ4n) is 1.56. The second-order valence-corrected chi connectivity index (χ2v) is 5.70. The first kappa shape index (κ1) is 16.7. The van der Waals surface area contributed by atoms with E-state index in [1.807, 2.05) is 0 Å². The number of nitrogens with zero attached hydrogens (tertiary/aromatic N) is 1. The third-order valence-electron chi connectivity index (χ3n) is 2.34. The molecule has 0 spiro atoms. The first-order valence-electron chi connectivity index (χ1n) is 5.79. The largest absolute Gasteiger partial charge is 0.417 e. The van der Waals surface area contributed by atoms with Gasteiger partial charge in [-0.05, 0) is 32.0 Å². The molecule has 0 saturated heterocycles. The first-order chi connectivity index (χ1) is 9.28. The summed E-state index contributed by atoms with van der Waals surface area (Å²) in [6.07, 6.45) is -4.72. The van der Waals surface area contributed by atoms with Crippen LogP contribution in [0.4, 0.5) is 13.2 Å². The van der Waals surface area contributed by atoms with Gasteiger partial charge in [0.1, 0.15) is 0 Å². The van der Waals surface area contributed by atoms with Gasteiger partial charge in [-0.2, -0.15) is 18.4 Å². The van der Waals surface area contributed by atoms with Crippen LogP contribution >= 0.6 is 7.60 Å². The highest BCUT2D eigenvalue weighted by atomic mass is 31.2. The number of alkyl halides is 3. The summed E-state index contributed by atoms with van der Waals surface area (Å²) >= 11 is 0. The van der Waals surface area contributed by atoms with Gasteiger partial charge in [0, 0.05) is 0 Å². The third-order valence-corrected chi connectivity index (χ3v) is 4.45. The molecule has 0 aliphatic carbocycles. The predicted octanol–water partition coefficient (Wildman–Crippen LogP) is 3.47. The van der Waals surface area contributed by atoms with Crippen LogP contribution in [0.5, 0.6) is 0 Å². The van der Waals surface area contributed by atoms with E-state index in [1.54, 1.807) is 13.8 Å². The Labute approximate surface area is 114 Å². The number of hydrogen-bond acceptors (Lipinski definition) is 4. The Balaban J connectivity index is 3.40. The van der Waals surface area contributed by atoms with Crippen LogP contribution in [0.1, 0.15) is 25.0 Å². The summed E-state index contributed by atoms with van der Waals surface area (Å²) in [4.78, 5) is 0. The maximum Gasteiger partial charge on any atom is 0.417 e. The second kappa shape index (κ2) is 6.40. The molecule has 1 aromatic rings. The lowest BCUT2D eigenvalue weighted by molar-refractivity contribution is -0.137. The first-order valence-corrected chi connectivity index (χ1v) is 7.33. The molecule has 0 heterocycles. The summed E-state index contributed by atoms with van der Waals surface area (Å²) in [5.74, 6) is 0. The molecule has 0 radical (unpaired) electrons. The van der Waals surface area contributed by atoms with Gasteiger partial charge in [-0.15, -0.1) is 0 Å². The van der Waals surface area contributed by atoms with E-state index in [4.69, 9.17) is 14.3 Å². The Bertz CT molecular complexity index is 556. The fourth-order valence-corrected chi connectivity index (χ4v) is 3.16. The maximum atomic E-state index is 12.9. The standard InChI is InChI=1S/C12H13F3NO3P/c1-3-18-20(17,19-4-2)10-6-5-9(8-16)11(7-10)12(13,14)15/h5-7H,3-4H2,1-2H3.